The summed E-state index contributed by atoms with van der Waals surface area (Å²) < 4.78 is 0. The van der Waals surface area contributed by atoms with Crippen molar-refractivity contribution in [1.29, 1.82) is 0 Å². The van der Waals surface area contributed by atoms with Crippen molar-refractivity contribution in [2.75, 3.05) is 0 Å². The number of thiophene rings is 1. The quantitative estimate of drug-likeness (QED) is 0.728. The van der Waals surface area contributed by atoms with E-state index in [0.29, 0.717) is 6.04 Å². The topological polar surface area (TPSA) is 26.0 Å². The van der Waals surface area contributed by atoms with Crippen LogP contribution in [0.5, 0.6) is 0 Å². The second kappa shape index (κ2) is 2.82. The lowest BCUT2D eigenvalue weighted by molar-refractivity contribution is 0.697. The van der Waals surface area contributed by atoms with Crippen LogP contribution in [-0.4, -0.2) is 6.04 Å². The van der Waals surface area contributed by atoms with Crippen LogP contribution in [-0.2, 0) is 12.8 Å². The normalized spacial score (nSPS) is 31.5. The predicted octanol–water partition coefficient (Wildman–Crippen LogP) is 2.44. The van der Waals surface area contributed by atoms with Gasteiger partial charge >= 0.3 is 0 Å². The summed E-state index contributed by atoms with van der Waals surface area (Å²) in [5, 5.41) is 0. The maximum Gasteiger partial charge on any atom is 0.0123 e. The summed E-state index contributed by atoms with van der Waals surface area (Å²) in [6.07, 6.45) is 6.64. The van der Waals surface area contributed by atoms with E-state index in [0.717, 1.165) is 5.92 Å². The molecule has 2 atom stereocenters. The lowest BCUT2D eigenvalue weighted by Gasteiger charge is -2.08. The van der Waals surface area contributed by atoms with E-state index in [2.05, 4.69) is 6.07 Å². The zero-order valence-electron chi connectivity index (χ0n) is 7.75. The minimum atomic E-state index is 0.472. The monoisotopic (exact) mass is 193 g/mol. The molecule has 0 bridgehead atoms. The van der Waals surface area contributed by atoms with Crippen LogP contribution in [0.2, 0.25) is 0 Å². The van der Waals surface area contributed by atoms with Gasteiger partial charge in [0.05, 0.1) is 0 Å². The average Bonchev–Trinajstić information content (AvgIpc) is 2.74. The molecule has 2 aliphatic carbocycles. The molecule has 2 N–H and O–H groups in total. The van der Waals surface area contributed by atoms with Gasteiger partial charge in [-0.05, 0) is 43.7 Å². The van der Waals surface area contributed by atoms with Crippen molar-refractivity contribution in [2.24, 2.45) is 5.73 Å². The Labute approximate surface area is 83.0 Å². The first kappa shape index (κ1) is 8.01. The molecule has 1 fully saturated rings. The van der Waals surface area contributed by atoms with Crippen LogP contribution < -0.4 is 5.73 Å². The van der Waals surface area contributed by atoms with E-state index in [4.69, 9.17) is 5.73 Å². The molecule has 0 aliphatic heterocycles. The van der Waals surface area contributed by atoms with E-state index in [1.165, 1.54) is 32.1 Å². The molecule has 2 heteroatoms. The molecule has 2 unspecified atom stereocenters. The predicted molar refractivity (Wildman–Crippen MR) is 56.3 cm³/mol. The van der Waals surface area contributed by atoms with Crippen molar-refractivity contribution in [3.8, 4) is 0 Å². The summed E-state index contributed by atoms with van der Waals surface area (Å²) in [7, 11) is 0. The van der Waals surface area contributed by atoms with E-state index in [1.54, 1.807) is 15.3 Å². The highest BCUT2D eigenvalue weighted by molar-refractivity contribution is 7.12. The van der Waals surface area contributed by atoms with Crippen molar-refractivity contribution in [1.82, 2.24) is 0 Å². The number of hydrogen-bond acceptors (Lipinski definition) is 2. The Morgan fingerprint density at radius 2 is 2.08 bits per heavy atom. The summed E-state index contributed by atoms with van der Waals surface area (Å²) >= 11 is 2.03. The highest BCUT2D eigenvalue weighted by Gasteiger charge is 2.36. The number of aryl methyl sites for hydroxylation is 2. The summed E-state index contributed by atoms with van der Waals surface area (Å²) in [5.74, 6) is 0.718. The van der Waals surface area contributed by atoms with E-state index in [9.17, 15) is 0 Å². The number of hydrogen-bond donors (Lipinski definition) is 1. The molecule has 3 rings (SSSR count). The molecule has 1 saturated carbocycles. The molecular formula is C11H15NS. The third-order valence-electron chi connectivity index (χ3n) is 3.22. The van der Waals surface area contributed by atoms with Crippen molar-refractivity contribution in [3.05, 3.63) is 21.4 Å². The maximum atomic E-state index is 5.86. The summed E-state index contributed by atoms with van der Waals surface area (Å²) in [6, 6.07) is 2.90. The Balaban J connectivity index is 1.91. The largest absolute Gasteiger partial charge is 0.327 e. The Morgan fingerprint density at radius 1 is 1.31 bits per heavy atom. The van der Waals surface area contributed by atoms with Gasteiger partial charge in [-0.25, -0.2) is 0 Å². The third kappa shape index (κ3) is 1.32. The van der Waals surface area contributed by atoms with Gasteiger partial charge in [0.25, 0.3) is 0 Å². The van der Waals surface area contributed by atoms with Gasteiger partial charge < -0.3 is 5.73 Å². The molecule has 2 aliphatic rings. The van der Waals surface area contributed by atoms with Crippen molar-refractivity contribution in [3.63, 3.8) is 0 Å². The average molecular weight is 193 g/mol. The smallest absolute Gasteiger partial charge is 0.0123 e. The van der Waals surface area contributed by atoms with Crippen LogP contribution in [0.25, 0.3) is 0 Å². The van der Waals surface area contributed by atoms with E-state index >= 15 is 0 Å². The van der Waals surface area contributed by atoms with Crippen LogP contribution in [0.15, 0.2) is 6.07 Å². The van der Waals surface area contributed by atoms with Crippen molar-refractivity contribution >= 4 is 11.3 Å². The molecule has 0 spiro atoms. The molecular weight excluding hydrogens is 178 g/mol. The van der Waals surface area contributed by atoms with Gasteiger partial charge in [-0.2, -0.15) is 0 Å². The van der Waals surface area contributed by atoms with Crippen LogP contribution in [0, 0.1) is 0 Å². The number of nitrogens with two attached hydrogens (primary N) is 1. The van der Waals surface area contributed by atoms with Gasteiger partial charge in [-0.1, -0.05) is 0 Å². The van der Waals surface area contributed by atoms with Gasteiger partial charge in [0.1, 0.15) is 0 Å². The molecule has 1 heterocycles. The first-order valence-corrected chi connectivity index (χ1v) is 6.03. The van der Waals surface area contributed by atoms with Crippen LogP contribution >= 0.6 is 11.3 Å². The van der Waals surface area contributed by atoms with Gasteiger partial charge in [0.15, 0.2) is 0 Å². The Morgan fingerprint density at radius 3 is 2.77 bits per heavy atom. The molecule has 1 nitrogen and oxygen atoms in total. The molecule has 13 heavy (non-hydrogen) atoms. The van der Waals surface area contributed by atoms with E-state index in [1.807, 2.05) is 11.3 Å². The summed E-state index contributed by atoms with van der Waals surface area (Å²) in [5.41, 5.74) is 7.49. The zero-order valence-corrected chi connectivity index (χ0v) is 8.57. The third-order valence-corrected chi connectivity index (χ3v) is 4.59. The molecule has 70 valence electrons. The fourth-order valence-electron chi connectivity index (χ4n) is 2.24. The Kier molecular flexibility index (Phi) is 1.74. The summed E-state index contributed by atoms with van der Waals surface area (Å²) in [4.78, 5) is 3.22. The lowest BCUT2D eigenvalue weighted by atomic mass is 9.99. The minimum Gasteiger partial charge on any atom is -0.327 e. The highest BCUT2D eigenvalue weighted by Crippen LogP contribution is 2.44. The van der Waals surface area contributed by atoms with Gasteiger partial charge in [0.2, 0.25) is 0 Å². The summed E-state index contributed by atoms with van der Waals surface area (Å²) in [6.45, 7) is 0. The van der Waals surface area contributed by atoms with E-state index in [-0.39, 0.29) is 0 Å². The second-order valence-electron chi connectivity index (χ2n) is 4.31. The van der Waals surface area contributed by atoms with Gasteiger partial charge in [0, 0.05) is 21.7 Å². The minimum absolute atomic E-state index is 0.472. The fraction of sp³-hybridized carbons (Fsp3) is 0.636. The zero-order chi connectivity index (χ0) is 8.84. The SMILES string of the molecule is NC1CC1c1cc2c(s1)CCCC2. The van der Waals surface area contributed by atoms with Crippen LogP contribution in [0.4, 0.5) is 0 Å². The maximum absolute atomic E-state index is 5.86. The number of rotatable bonds is 1. The Bertz CT molecular complexity index is 305. The highest BCUT2D eigenvalue weighted by atomic mass is 32.1. The van der Waals surface area contributed by atoms with Crippen LogP contribution in [0.3, 0.4) is 0 Å². The Hall–Kier alpha value is -0.340. The standard InChI is InChI=1S/C11H15NS/c12-9-6-8(9)11-5-7-3-1-2-4-10(7)13-11/h5,8-9H,1-4,6,12H2. The van der Waals surface area contributed by atoms with Gasteiger partial charge in [-0.15, -0.1) is 11.3 Å². The molecule has 0 amide bonds. The first-order valence-electron chi connectivity index (χ1n) is 5.21. The molecule has 1 aromatic rings. The number of fused-ring (bicyclic) bond motifs is 1. The molecule has 1 aromatic heterocycles. The molecule has 0 aromatic carbocycles. The molecule has 0 radical (unpaired) electrons. The van der Waals surface area contributed by atoms with Crippen molar-refractivity contribution < 1.29 is 0 Å². The van der Waals surface area contributed by atoms with E-state index < -0.39 is 0 Å². The first-order chi connectivity index (χ1) is 6.34. The van der Waals surface area contributed by atoms with Gasteiger partial charge in [-0.3, -0.25) is 0 Å². The second-order valence-corrected chi connectivity index (χ2v) is 5.48. The molecule has 0 saturated heterocycles. The lowest BCUT2D eigenvalue weighted by Crippen LogP contribution is -1.99. The van der Waals surface area contributed by atoms with Crippen molar-refractivity contribution in [2.45, 2.75) is 44.1 Å². The van der Waals surface area contributed by atoms with Crippen LogP contribution in [0.1, 0.15) is 40.5 Å². The fourth-order valence-corrected chi connectivity index (χ4v) is 3.68.